The second kappa shape index (κ2) is 9.06. The number of para-hydroxylation sites is 1. The molecule has 31 heavy (non-hydrogen) atoms. The van der Waals surface area contributed by atoms with Crippen molar-refractivity contribution in [2.24, 2.45) is 0 Å². The Morgan fingerprint density at radius 2 is 1.55 bits per heavy atom. The Balaban J connectivity index is 1.66. The molecular weight excluding hydrogens is 400 g/mol. The fraction of sp³-hybridized carbons (Fsp3) is 0.167. The lowest BCUT2D eigenvalue weighted by atomic mass is 9.97. The van der Waals surface area contributed by atoms with E-state index in [-0.39, 0.29) is 23.4 Å². The fourth-order valence-electron chi connectivity index (χ4n) is 3.51. The number of rotatable bonds is 7. The first-order valence-corrected chi connectivity index (χ1v) is 9.86. The molecule has 4 rings (SSSR count). The number of H-pyrrole nitrogens is 1. The monoisotopic (exact) mass is 421 g/mol. The van der Waals surface area contributed by atoms with Gasteiger partial charge in [-0.25, -0.2) is 4.98 Å². The van der Waals surface area contributed by atoms with E-state index < -0.39 is 6.61 Å². The van der Waals surface area contributed by atoms with Gasteiger partial charge in [-0.2, -0.15) is 8.78 Å². The molecule has 2 N–H and O–H groups in total. The normalized spacial score (nSPS) is 13.3. The summed E-state index contributed by atoms with van der Waals surface area (Å²) in [5.41, 5.74) is 2.28. The molecule has 0 fully saturated rings. The molecule has 0 saturated carbocycles. The van der Waals surface area contributed by atoms with E-state index in [2.05, 4.69) is 20.0 Å². The van der Waals surface area contributed by atoms with Crippen molar-refractivity contribution >= 4 is 10.9 Å². The number of halogens is 2. The van der Waals surface area contributed by atoms with Crippen molar-refractivity contribution < 1.29 is 13.5 Å². The Bertz CT molecular complexity index is 1210. The first-order chi connectivity index (χ1) is 15.0. The van der Waals surface area contributed by atoms with Gasteiger partial charge in [-0.3, -0.25) is 10.1 Å². The van der Waals surface area contributed by atoms with Gasteiger partial charge in [0, 0.05) is 0 Å². The molecule has 2 atom stereocenters. The van der Waals surface area contributed by atoms with Crippen LogP contribution in [-0.2, 0) is 0 Å². The molecule has 0 spiro atoms. The standard InChI is InChI=1S/C24H21F2N3O2/c1-15(22-28-20-10-6-5-9-19(20)23(30)29-22)27-21(16-7-3-2-4-8-16)17-11-13-18(14-12-17)31-24(25)26/h2-15,21,24,27H,1H3,(H,28,29,30). The Morgan fingerprint density at radius 1 is 0.903 bits per heavy atom. The molecule has 0 aliphatic rings. The fourth-order valence-corrected chi connectivity index (χ4v) is 3.51. The van der Waals surface area contributed by atoms with E-state index in [1.807, 2.05) is 43.3 Å². The summed E-state index contributed by atoms with van der Waals surface area (Å²) >= 11 is 0. The second-order valence-electron chi connectivity index (χ2n) is 7.15. The predicted molar refractivity (Wildman–Crippen MR) is 115 cm³/mol. The lowest BCUT2D eigenvalue weighted by Gasteiger charge is -2.24. The third kappa shape index (κ3) is 4.78. The summed E-state index contributed by atoms with van der Waals surface area (Å²) in [5.74, 6) is 0.612. The maximum absolute atomic E-state index is 12.5. The molecule has 7 heteroatoms. The van der Waals surface area contributed by atoms with Crippen molar-refractivity contribution in [3.8, 4) is 5.75 Å². The molecule has 0 aliphatic carbocycles. The quantitative estimate of drug-likeness (QED) is 0.442. The number of ether oxygens (including phenoxy) is 1. The average Bonchev–Trinajstić information content (AvgIpc) is 2.78. The zero-order valence-electron chi connectivity index (χ0n) is 16.8. The van der Waals surface area contributed by atoms with Crippen LogP contribution in [0.15, 0.2) is 83.7 Å². The summed E-state index contributed by atoms with van der Waals surface area (Å²) in [6.45, 7) is -0.957. The summed E-state index contributed by atoms with van der Waals surface area (Å²) in [6.07, 6.45) is 0. The topological polar surface area (TPSA) is 67.0 Å². The van der Waals surface area contributed by atoms with Crippen LogP contribution in [0.25, 0.3) is 10.9 Å². The number of nitrogens with one attached hydrogen (secondary N) is 2. The molecule has 0 amide bonds. The van der Waals surface area contributed by atoms with Crippen molar-refractivity contribution in [3.05, 3.63) is 106 Å². The number of aromatic amines is 1. The SMILES string of the molecule is CC(NC(c1ccccc1)c1ccc(OC(F)F)cc1)c1nc2ccccc2c(=O)[nH]1. The zero-order chi connectivity index (χ0) is 21.8. The van der Waals surface area contributed by atoms with Gasteiger partial charge in [0.1, 0.15) is 11.6 Å². The number of hydrogen-bond donors (Lipinski definition) is 2. The van der Waals surface area contributed by atoms with E-state index in [0.29, 0.717) is 16.7 Å². The Labute approximate surface area is 177 Å². The Kier molecular flexibility index (Phi) is 6.04. The molecule has 1 aromatic heterocycles. The molecule has 0 radical (unpaired) electrons. The van der Waals surface area contributed by atoms with Crippen LogP contribution in [0.1, 0.15) is 36.0 Å². The second-order valence-corrected chi connectivity index (χ2v) is 7.15. The first kappa shape index (κ1) is 20.7. The molecule has 2 unspecified atom stereocenters. The van der Waals surface area contributed by atoms with E-state index in [0.717, 1.165) is 11.1 Å². The summed E-state index contributed by atoms with van der Waals surface area (Å²) in [4.78, 5) is 19.9. The maximum atomic E-state index is 12.5. The highest BCUT2D eigenvalue weighted by molar-refractivity contribution is 5.77. The zero-order valence-corrected chi connectivity index (χ0v) is 16.8. The van der Waals surface area contributed by atoms with Gasteiger partial charge in [0.05, 0.1) is 23.0 Å². The number of hydrogen-bond acceptors (Lipinski definition) is 4. The van der Waals surface area contributed by atoms with E-state index in [1.165, 1.54) is 12.1 Å². The van der Waals surface area contributed by atoms with Crippen LogP contribution in [0.5, 0.6) is 5.75 Å². The number of alkyl halides is 2. The summed E-state index contributed by atoms with van der Waals surface area (Å²) in [7, 11) is 0. The van der Waals surface area contributed by atoms with Crippen molar-refractivity contribution in [1.29, 1.82) is 0 Å². The molecule has 158 valence electrons. The van der Waals surface area contributed by atoms with Gasteiger partial charge in [-0.05, 0) is 42.3 Å². The first-order valence-electron chi connectivity index (χ1n) is 9.86. The summed E-state index contributed by atoms with van der Waals surface area (Å²) < 4.78 is 29.4. The molecule has 3 aromatic carbocycles. The minimum atomic E-state index is -2.87. The van der Waals surface area contributed by atoms with Crippen molar-refractivity contribution in [3.63, 3.8) is 0 Å². The number of nitrogens with zero attached hydrogens (tertiary/aromatic N) is 1. The van der Waals surface area contributed by atoms with E-state index in [9.17, 15) is 13.6 Å². The smallest absolute Gasteiger partial charge is 0.387 e. The molecule has 1 heterocycles. The van der Waals surface area contributed by atoms with Crippen LogP contribution in [0.3, 0.4) is 0 Å². The van der Waals surface area contributed by atoms with Crippen molar-refractivity contribution in [2.45, 2.75) is 25.6 Å². The molecule has 0 bridgehead atoms. The Morgan fingerprint density at radius 3 is 2.26 bits per heavy atom. The van der Waals surface area contributed by atoms with Gasteiger partial charge < -0.3 is 9.72 Å². The highest BCUT2D eigenvalue weighted by atomic mass is 19.3. The van der Waals surface area contributed by atoms with Gasteiger partial charge >= 0.3 is 6.61 Å². The minimum absolute atomic E-state index is 0.0964. The van der Waals surface area contributed by atoms with Crippen LogP contribution in [0.4, 0.5) is 8.78 Å². The average molecular weight is 421 g/mol. The molecule has 0 saturated heterocycles. The van der Waals surface area contributed by atoms with Crippen molar-refractivity contribution in [2.75, 3.05) is 0 Å². The van der Waals surface area contributed by atoms with Crippen LogP contribution >= 0.6 is 0 Å². The highest BCUT2D eigenvalue weighted by Crippen LogP contribution is 2.27. The van der Waals surface area contributed by atoms with E-state index in [1.54, 1.807) is 30.3 Å². The van der Waals surface area contributed by atoms with Gasteiger partial charge in [0.15, 0.2) is 0 Å². The predicted octanol–water partition coefficient (Wildman–Crippen LogP) is 4.96. The highest BCUT2D eigenvalue weighted by Gasteiger charge is 2.20. The number of aromatic nitrogens is 2. The lowest BCUT2D eigenvalue weighted by molar-refractivity contribution is -0.0498. The Hall–Kier alpha value is -3.58. The minimum Gasteiger partial charge on any atom is -0.435 e. The van der Waals surface area contributed by atoms with Crippen LogP contribution in [0, 0.1) is 0 Å². The number of benzene rings is 3. The third-order valence-electron chi connectivity index (χ3n) is 5.03. The van der Waals surface area contributed by atoms with Crippen LogP contribution in [0.2, 0.25) is 0 Å². The van der Waals surface area contributed by atoms with Gasteiger partial charge in [-0.1, -0.05) is 54.6 Å². The van der Waals surface area contributed by atoms with E-state index in [4.69, 9.17) is 0 Å². The van der Waals surface area contributed by atoms with Gasteiger partial charge in [-0.15, -0.1) is 0 Å². The van der Waals surface area contributed by atoms with E-state index >= 15 is 0 Å². The van der Waals surface area contributed by atoms with Gasteiger partial charge in [0.25, 0.3) is 5.56 Å². The number of fused-ring (bicyclic) bond motifs is 1. The molecule has 0 aliphatic heterocycles. The lowest BCUT2D eigenvalue weighted by Crippen LogP contribution is -2.28. The largest absolute Gasteiger partial charge is 0.435 e. The third-order valence-corrected chi connectivity index (χ3v) is 5.03. The van der Waals surface area contributed by atoms with Gasteiger partial charge in [0.2, 0.25) is 0 Å². The maximum Gasteiger partial charge on any atom is 0.387 e. The molecule has 4 aromatic rings. The van der Waals surface area contributed by atoms with Crippen LogP contribution in [-0.4, -0.2) is 16.6 Å². The van der Waals surface area contributed by atoms with Crippen LogP contribution < -0.4 is 15.6 Å². The molecule has 5 nitrogen and oxygen atoms in total. The van der Waals surface area contributed by atoms with Crippen molar-refractivity contribution in [1.82, 2.24) is 15.3 Å². The molecular formula is C24H21F2N3O2. The summed E-state index contributed by atoms with van der Waals surface area (Å²) in [5, 5.41) is 4.03. The summed E-state index contributed by atoms with van der Waals surface area (Å²) in [6, 6.07) is 22.9.